The molecule has 0 aliphatic carbocycles. The second-order valence-electron chi connectivity index (χ2n) is 7.25. The van der Waals surface area contributed by atoms with Gasteiger partial charge in [0.15, 0.2) is 5.54 Å². The molecule has 31 heavy (non-hydrogen) atoms. The quantitative estimate of drug-likeness (QED) is 0.682. The Hall–Kier alpha value is -3.65. The topological polar surface area (TPSA) is 61.9 Å². The van der Waals surface area contributed by atoms with E-state index in [1.54, 1.807) is 24.2 Å². The summed E-state index contributed by atoms with van der Waals surface area (Å²) in [4.78, 5) is 18.2. The minimum atomic E-state index is -1.59. The van der Waals surface area contributed by atoms with E-state index < -0.39 is 23.1 Å². The molecule has 3 aromatic rings. The van der Waals surface area contributed by atoms with Gasteiger partial charge >= 0.3 is 0 Å². The zero-order valence-electron chi connectivity index (χ0n) is 16.6. The Morgan fingerprint density at radius 2 is 1.26 bits per heavy atom. The number of carbonyl (C=O) groups is 1. The average molecular weight is 424 g/mol. The predicted octanol–water partition coefficient (Wildman–Crippen LogP) is 3.55. The summed E-state index contributed by atoms with van der Waals surface area (Å²) in [5.41, 5.74) is 6.11. The molecular formula is C23H19F3N4O. The standard InChI is InChI=1S/C23H19F3N4O/c1-29(14-15-2-8-18(24)9-3-15)30-21(31)23(28-22(30)27,16-4-10-19(25)11-5-16)17-6-12-20(26)13-7-17/h2-13H,14H2,1H3,(H2,27,28). The molecule has 1 aliphatic heterocycles. The molecule has 4 rings (SSSR count). The minimum Gasteiger partial charge on any atom is -0.368 e. The summed E-state index contributed by atoms with van der Waals surface area (Å²) in [7, 11) is 1.65. The van der Waals surface area contributed by atoms with Crippen LogP contribution in [0, 0.1) is 17.5 Å². The van der Waals surface area contributed by atoms with E-state index in [0.29, 0.717) is 11.1 Å². The molecule has 0 saturated carbocycles. The molecule has 2 N–H and O–H groups in total. The normalized spacial score (nSPS) is 15.5. The Labute approximate surface area is 177 Å². The number of carbonyl (C=O) groups excluding carboxylic acids is 1. The molecule has 0 unspecified atom stereocenters. The summed E-state index contributed by atoms with van der Waals surface area (Å²) < 4.78 is 40.3. The van der Waals surface area contributed by atoms with Crippen LogP contribution in [0.25, 0.3) is 0 Å². The maximum Gasteiger partial charge on any atom is 0.281 e. The number of nitrogens with zero attached hydrogens (tertiary/aromatic N) is 3. The third kappa shape index (κ3) is 3.66. The summed E-state index contributed by atoms with van der Waals surface area (Å²) >= 11 is 0. The van der Waals surface area contributed by atoms with Crippen molar-refractivity contribution in [2.75, 3.05) is 7.05 Å². The van der Waals surface area contributed by atoms with Crippen molar-refractivity contribution in [1.82, 2.24) is 10.0 Å². The lowest BCUT2D eigenvalue weighted by Crippen LogP contribution is -2.51. The van der Waals surface area contributed by atoms with Crippen LogP contribution in [-0.4, -0.2) is 28.9 Å². The van der Waals surface area contributed by atoms with Gasteiger partial charge < -0.3 is 5.73 Å². The van der Waals surface area contributed by atoms with Crippen LogP contribution < -0.4 is 5.73 Å². The van der Waals surface area contributed by atoms with Crippen molar-refractivity contribution in [3.8, 4) is 0 Å². The average Bonchev–Trinajstić information content (AvgIpc) is 3.02. The molecule has 0 fully saturated rings. The van der Waals surface area contributed by atoms with Gasteiger partial charge in [-0.2, -0.15) is 0 Å². The van der Waals surface area contributed by atoms with E-state index in [2.05, 4.69) is 4.99 Å². The van der Waals surface area contributed by atoms with Crippen molar-refractivity contribution in [3.05, 3.63) is 107 Å². The third-order valence-corrected chi connectivity index (χ3v) is 5.19. The fourth-order valence-electron chi connectivity index (χ4n) is 3.70. The first-order valence-electron chi connectivity index (χ1n) is 9.49. The molecule has 1 amide bonds. The van der Waals surface area contributed by atoms with E-state index in [0.717, 1.165) is 5.56 Å². The van der Waals surface area contributed by atoms with Crippen LogP contribution in [0.1, 0.15) is 16.7 Å². The van der Waals surface area contributed by atoms with Crippen molar-refractivity contribution >= 4 is 11.9 Å². The first kappa shape index (κ1) is 20.6. The third-order valence-electron chi connectivity index (χ3n) is 5.19. The van der Waals surface area contributed by atoms with Crippen LogP contribution in [0.4, 0.5) is 13.2 Å². The van der Waals surface area contributed by atoms with Gasteiger partial charge in [0.25, 0.3) is 5.91 Å². The summed E-state index contributed by atoms with van der Waals surface area (Å²) in [5, 5.41) is 2.78. The summed E-state index contributed by atoms with van der Waals surface area (Å²) in [6, 6.07) is 16.6. The molecule has 0 spiro atoms. The molecule has 0 atom stereocenters. The van der Waals surface area contributed by atoms with E-state index >= 15 is 0 Å². The molecule has 3 aromatic carbocycles. The molecule has 1 heterocycles. The van der Waals surface area contributed by atoms with E-state index in [4.69, 9.17) is 5.73 Å². The highest BCUT2D eigenvalue weighted by atomic mass is 19.1. The van der Waals surface area contributed by atoms with Crippen LogP contribution in [0.15, 0.2) is 77.8 Å². The minimum absolute atomic E-state index is 0.0664. The van der Waals surface area contributed by atoms with Gasteiger partial charge in [-0.05, 0) is 53.1 Å². The Morgan fingerprint density at radius 3 is 1.71 bits per heavy atom. The van der Waals surface area contributed by atoms with E-state index in [1.165, 1.54) is 65.7 Å². The van der Waals surface area contributed by atoms with Gasteiger partial charge in [-0.15, -0.1) is 0 Å². The number of benzene rings is 3. The number of hydrogen-bond acceptors (Lipinski definition) is 4. The van der Waals surface area contributed by atoms with E-state index in [-0.39, 0.29) is 18.3 Å². The van der Waals surface area contributed by atoms with Crippen molar-refractivity contribution in [1.29, 1.82) is 0 Å². The lowest BCUT2D eigenvalue weighted by Gasteiger charge is -2.31. The van der Waals surface area contributed by atoms with Crippen molar-refractivity contribution < 1.29 is 18.0 Å². The van der Waals surface area contributed by atoms with Crippen LogP contribution in [0.5, 0.6) is 0 Å². The number of rotatable bonds is 5. The number of amides is 1. The lowest BCUT2D eigenvalue weighted by molar-refractivity contribution is -0.140. The Kier molecular flexibility index (Phi) is 5.24. The highest BCUT2D eigenvalue weighted by molar-refractivity contribution is 6.08. The molecular weight excluding hydrogens is 405 g/mol. The largest absolute Gasteiger partial charge is 0.368 e. The first-order chi connectivity index (χ1) is 14.8. The molecule has 0 saturated heterocycles. The maximum atomic E-state index is 13.7. The Bertz CT molecular complexity index is 1080. The fraction of sp³-hybridized carbons (Fsp3) is 0.130. The molecule has 8 heteroatoms. The number of guanidine groups is 1. The van der Waals surface area contributed by atoms with Gasteiger partial charge in [-0.1, -0.05) is 36.4 Å². The highest BCUT2D eigenvalue weighted by Crippen LogP contribution is 2.40. The van der Waals surface area contributed by atoms with Gasteiger partial charge in [0, 0.05) is 13.6 Å². The number of hydrogen-bond donors (Lipinski definition) is 1. The van der Waals surface area contributed by atoms with Crippen LogP contribution in [-0.2, 0) is 16.9 Å². The van der Waals surface area contributed by atoms with E-state index in [1.807, 2.05) is 0 Å². The highest BCUT2D eigenvalue weighted by Gasteiger charge is 2.52. The van der Waals surface area contributed by atoms with Gasteiger partial charge in [0.2, 0.25) is 5.96 Å². The maximum absolute atomic E-state index is 13.7. The second kappa shape index (κ2) is 7.88. The summed E-state index contributed by atoms with van der Waals surface area (Å²) in [6.07, 6.45) is 0. The van der Waals surface area contributed by atoms with Crippen molar-refractivity contribution in [3.63, 3.8) is 0 Å². The molecule has 0 radical (unpaired) electrons. The van der Waals surface area contributed by atoms with Crippen molar-refractivity contribution in [2.45, 2.75) is 12.1 Å². The summed E-state index contributed by atoms with van der Waals surface area (Å²) in [5.74, 6) is -1.86. The van der Waals surface area contributed by atoms with Gasteiger partial charge in [0.1, 0.15) is 17.5 Å². The monoisotopic (exact) mass is 424 g/mol. The van der Waals surface area contributed by atoms with Crippen molar-refractivity contribution in [2.24, 2.45) is 10.7 Å². The molecule has 1 aliphatic rings. The van der Waals surface area contributed by atoms with Gasteiger partial charge in [-0.25, -0.2) is 28.2 Å². The van der Waals surface area contributed by atoms with Gasteiger partial charge in [-0.3, -0.25) is 4.79 Å². The second-order valence-corrected chi connectivity index (χ2v) is 7.25. The zero-order valence-corrected chi connectivity index (χ0v) is 16.6. The number of halogens is 3. The Balaban J connectivity index is 1.76. The first-order valence-corrected chi connectivity index (χ1v) is 9.49. The van der Waals surface area contributed by atoms with Crippen LogP contribution in [0.3, 0.4) is 0 Å². The number of hydrazine groups is 1. The molecule has 0 bridgehead atoms. The molecule has 0 aromatic heterocycles. The molecule has 158 valence electrons. The van der Waals surface area contributed by atoms with Crippen LogP contribution in [0.2, 0.25) is 0 Å². The predicted molar refractivity (Wildman–Crippen MR) is 110 cm³/mol. The SMILES string of the molecule is CN(Cc1ccc(F)cc1)N1C(=O)C(c2ccc(F)cc2)(c2ccc(F)cc2)N=C1N. The van der Waals surface area contributed by atoms with Gasteiger partial charge in [0.05, 0.1) is 0 Å². The Morgan fingerprint density at radius 1 is 0.839 bits per heavy atom. The number of nitrogens with two attached hydrogens (primary N) is 1. The summed E-state index contributed by atoms with van der Waals surface area (Å²) in [6.45, 7) is 0.255. The van der Waals surface area contributed by atoms with Crippen LogP contribution >= 0.6 is 0 Å². The fourth-order valence-corrected chi connectivity index (χ4v) is 3.70. The number of aliphatic imine (C=N–C) groups is 1. The zero-order chi connectivity index (χ0) is 22.2. The smallest absolute Gasteiger partial charge is 0.281 e. The molecule has 5 nitrogen and oxygen atoms in total. The van der Waals surface area contributed by atoms with E-state index in [9.17, 15) is 18.0 Å². The lowest BCUT2D eigenvalue weighted by atomic mass is 9.83.